The maximum atomic E-state index is 13.9. The Bertz CT molecular complexity index is 1690. The Hall–Kier alpha value is -4.91. The van der Waals surface area contributed by atoms with E-state index in [1.165, 1.54) is 18.3 Å². The van der Waals surface area contributed by atoms with Gasteiger partial charge in [0.25, 0.3) is 0 Å². The molecule has 0 spiro atoms. The average molecular weight is 638 g/mol. The van der Waals surface area contributed by atoms with Crippen molar-refractivity contribution in [2.75, 3.05) is 37.6 Å². The van der Waals surface area contributed by atoms with Gasteiger partial charge in [-0.15, -0.1) is 0 Å². The minimum absolute atomic E-state index is 0.000471. The molecule has 0 saturated carbocycles. The summed E-state index contributed by atoms with van der Waals surface area (Å²) in [5, 5.41) is 5.08. The number of methoxy groups -OCH3 is 1. The number of urea groups is 1. The van der Waals surface area contributed by atoms with E-state index in [4.69, 9.17) is 18.9 Å². The number of benzene rings is 2. The number of pyridine rings is 1. The third-order valence-electron chi connectivity index (χ3n) is 7.35. The van der Waals surface area contributed by atoms with E-state index in [2.05, 4.69) is 25.6 Å². The van der Waals surface area contributed by atoms with Crippen LogP contribution in [0.4, 0.5) is 29.3 Å². The normalized spacial score (nSPS) is 13.8. The van der Waals surface area contributed by atoms with Gasteiger partial charge in [0.2, 0.25) is 5.88 Å². The van der Waals surface area contributed by atoms with E-state index in [1.807, 2.05) is 38.1 Å². The lowest BCUT2D eigenvalue weighted by molar-refractivity contribution is -0.139. The van der Waals surface area contributed by atoms with Crippen LogP contribution < -0.4 is 24.8 Å². The number of rotatable bonds is 11. The molecular weight excluding hydrogens is 603 g/mol. The molecule has 1 aliphatic rings. The first-order chi connectivity index (χ1) is 22.0. The molecule has 2 aromatic heterocycles. The van der Waals surface area contributed by atoms with Crippen molar-refractivity contribution in [3.8, 4) is 28.8 Å². The van der Waals surface area contributed by atoms with Gasteiger partial charge in [0.15, 0.2) is 5.82 Å². The number of nitrogens with zero attached hydrogens (tertiary/aromatic N) is 3. The van der Waals surface area contributed by atoms with E-state index < -0.39 is 17.8 Å². The molecule has 1 fully saturated rings. The number of carbonyl (C=O) groups excluding carboxylic acids is 1. The zero-order valence-corrected chi connectivity index (χ0v) is 25.8. The van der Waals surface area contributed by atoms with E-state index in [-0.39, 0.29) is 35.4 Å². The Labute approximate surface area is 264 Å². The molecule has 0 unspecified atom stereocenters. The monoisotopic (exact) mass is 637 g/mol. The maximum Gasteiger partial charge on any atom is 0.416 e. The molecule has 2 N–H and O–H groups in total. The van der Waals surface area contributed by atoms with Gasteiger partial charge in [0.05, 0.1) is 55.6 Å². The van der Waals surface area contributed by atoms with Gasteiger partial charge >= 0.3 is 12.2 Å². The lowest BCUT2D eigenvalue weighted by Crippen LogP contribution is -2.41. The largest absolute Gasteiger partial charge is 0.497 e. The summed E-state index contributed by atoms with van der Waals surface area (Å²) in [5.41, 5.74) is 1.16. The lowest BCUT2D eigenvalue weighted by atomic mass is 9.80. The van der Waals surface area contributed by atoms with Crippen molar-refractivity contribution in [1.82, 2.24) is 15.0 Å². The summed E-state index contributed by atoms with van der Waals surface area (Å²) < 4.78 is 63.6. The van der Waals surface area contributed by atoms with Gasteiger partial charge in [-0.2, -0.15) is 13.2 Å². The van der Waals surface area contributed by atoms with E-state index in [9.17, 15) is 18.0 Å². The number of alkyl halides is 3. The molecule has 13 heteroatoms. The zero-order valence-electron chi connectivity index (χ0n) is 25.8. The number of nitrogens with one attached hydrogen (secondary N) is 2. The Kier molecular flexibility index (Phi) is 9.61. The van der Waals surface area contributed by atoms with Crippen LogP contribution in [0.15, 0.2) is 60.9 Å². The fourth-order valence-electron chi connectivity index (χ4n) is 4.91. The molecule has 3 heterocycles. The van der Waals surface area contributed by atoms with E-state index >= 15 is 0 Å². The van der Waals surface area contributed by atoms with Gasteiger partial charge in [-0.1, -0.05) is 25.1 Å². The highest BCUT2D eigenvalue weighted by Gasteiger charge is 2.39. The van der Waals surface area contributed by atoms with Crippen LogP contribution in [-0.2, 0) is 23.9 Å². The topological polar surface area (TPSA) is 117 Å². The molecule has 0 radical (unpaired) electrons. The summed E-state index contributed by atoms with van der Waals surface area (Å²) in [4.78, 5) is 26.0. The molecular formula is C33H34F3N5O5. The summed E-state index contributed by atoms with van der Waals surface area (Å²) in [5.74, 6) is 1.86. The maximum absolute atomic E-state index is 13.9. The van der Waals surface area contributed by atoms with Crippen molar-refractivity contribution < 1.29 is 36.9 Å². The third kappa shape index (κ3) is 7.83. The SMILES string of the molecule is CCOc1cc(OCc2ccc(OC)cc2)ncc1-c1ncc(NC(=O)Nc2ccc(CC3(C)COC3)c(C(F)(F)F)c2)c(C)n1. The molecule has 1 aliphatic heterocycles. The first-order valence-electron chi connectivity index (χ1n) is 14.5. The van der Waals surface area contributed by atoms with Gasteiger partial charge < -0.3 is 29.6 Å². The lowest BCUT2D eigenvalue weighted by Gasteiger charge is -2.38. The molecule has 1 saturated heterocycles. The van der Waals surface area contributed by atoms with Crippen molar-refractivity contribution >= 4 is 17.4 Å². The molecule has 2 amide bonds. The molecule has 2 aromatic carbocycles. The third-order valence-corrected chi connectivity index (χ3v) is 7.35. The number of halogens is 3. The van der Waals surface area contributed by atoms with Gasteiger partial charge in [-0.25, -0.2) is 19.7 Å². The number of ether oxygens (including phenoxy) is 4. The second-order valence-electron chi connectivity index (χ2n) is 11.2. The van der Waals surface area contributed by atoms with Crippen LogP contribution in [0.25, 0.3) is 11.4 Å². The highest BCUT2D eigenvalue weighted by atomic mass is 19.4. The molecule has 0 bridgehead atoms. The number of hydrogen-bond acceptors (Lipinski definition) is 8. The highest BCUT2D eigenvalue weighted by Crippen LogP contribution is 2.39. The van der Waals surface area contributed by atoms with E-state index in [0.717, 1.165) is 17.4 Å². The molecule has 5 rings (SSSR count). The summed E-state index contributed by atoms with van der Waals surface area (Å²) in [7, 11) is 1.60. The summed E-state index contributed by atoms with van der Waals surface area (Å²) in [6.07, 6.45) is -1.41. The van der Waals surface area contributed by atoms with Crippen molar-refractivity contribution in [3.05, 3.63) is 83.3 Å². The minimum atomic E-state index is -4.58. The van der Waals surface area contributed by atoms with Crippen LogP contribution in [0.5, 0.6) is 17.4 Å². The van der Waals surface area contributed by atoms with Crippen molar-refractivity contribution in [1.29, 1.82) is 0 Å². The first kappa shape index (κ1) is 32.5. The molecule has 242 valence electrons. The summed E-state index contributed by atoms with van der Waals surface area (Å²) >= 11 is 0. The van der Waals surface area contributed by atoms with Gasteiger partial charge in [-0.05, 0) is 55.7 Å². The van der Waals surface area contributed by atoms with Gasteiger partial charge in [0.1, 0.15) is 18.1 Å². The number of aryl methyl sites for hydroxylation is 1. The van der Waals surface area contributed by atoms with Crippen LogP contribution in [0, 0.1) is 12.3 Å². The molecule has 46 heavy (non-hydrogen) atoms. The van der Waals surface area contributed by atoms with Crippen LogP contribution in [-0.4, -0.2) is 47.9 Å². The second kappa shape index (κ2) is 13.6. The summed E-state index contributed by atoms with van der Waals surface area (Å²) in [6.45, 7) is 6.86. The van der Waals surface area contributed by atoms with Crippen LogP contribution in [0.2, 0.25) is 0 Å². The zero-order chi connectivity index (χ0) is 32.9. The number of carbonyl (C=O) groups is 1. The van der Waals surface area contributed by atoms with Crippen molar-refractivity contribution in [2.45, 2.75) is 40.0 Å². The molecule has 10 nitrogen and oxygen atoms in total. The van der Waals surface area contributed by atoms with Gasteiger partial charge in [0, 0.05) is 23.4 Å². The second-order valence-corrected chi connectivity index (χ2v) is 11.2. The van der Waals surface area contributed by atoms with Crippen molar-refractivity contribution in [2.24, 2.45) is 5.41 Å². The Morgan fingerprint density at radius 1 is 1.02 bits per heavy atom. The van der Waals surface area contributed by atoms with E-state index in [1.54, 1.807) is 26.3 Å². The van der Waals surface area contributed by atoms with Gasteiger partial charge in [-0.3, -0.25) is 0 Å². The van der Waals surface area contributed by atoms with E-state index in [0.29, 0.717) is 48.5 Å². The predicted molar refractivity (Wildman–Crippen MR) is 165 cm³/mol. The predicted octanol–water partition coefficient (Wildman–Crippen LogP) is 7.08. The first-order valence-corrected chi connectivity index (χ1v) is 14.5. The Morgan fingerprint density at radius 3 is 2.41 bits per heavy atom. The van der Waals surface area contributed by atoms with Crippen LogP contribution in [0.3, 0.4) is 0 Å². The molecule has 0 atom stereocenters. The highest BCUT2D eigenvalue weighted by molar-refractivity contribution is 6.00. The van der Waals surface area contributed by atoms with Crippen LogP contribution in [0.1, 0.15) is 36.2 Å². The minimum Gasteiger partial charge on any atom is -0.497 e. The standard InChI is InChI=1S/C33H34F3N5O5/c1-5-45-28-13-29(46-17-21-6-10-24(43-4)11-7-21)37-15-25(28)30-38-16-27(20(2)39-30)41-31(42)40-23-9-8-22(14-32(3)18-44-19-32)26(12-23)33(34,35)36/h6-13,15-16H,5,14,17-19H2,1-4H3,(H2,40,41,42). The van der Waals surface area contributed by atoms with Crippen molar-refractivity contribution in [3.63, 3.8) is 0 Å². The number of amides is 2. The molecule has 4 aromatic rings. The number of hydrogen-bond donors (Lipinski definition) is 2. The fourth-order valence-corrected chi connectivity index (χ4v) is 4.91. The Balaban J connectivity index is 1.26. The van der Waals surface area contributed by atoms with Crippen LogP contribution >= 0.6 is 0 Å². The Morgan fingerprint density at radius 2 is 1.78 bits per heavy atom. The smallest absolute Gasteiger partial charge is 0.416 e. The fraction of sp³-hybridized carbons (Fsp3) is 0.333. The quantitative estimate of drug-likeness (QED) is 0.179. The number of anilines is 2. The summed E-state index contributed by atoms with van der Waals surface area (Å²) in [6, 6.07) is 12.2. The average Bonchev–Trinajstić information content (AvgIpc) is 3.01. The number of aromatic nitrogens is 3. The molecule has 0 aliphatic carbocycles.